The van der Waals surface area contributed by atoms with Gasteiger partial charge in [-0.15, -0.1) is 5.10 Å². The second-order valence-corrected chi connectivity index (χ2v) is 6.22. The van der Waals surface area contributed by atoms with Crippen LogP contribution in [-0.2, 0) is 16.0 Å². The van der Waals surface area contributed by atoms with Crippen LogP contribution in [0.3, 0.4) is 0 Å². The van der Waals surface area contributed by atoms with E-state index in [4.69, 9.17) is 9.47 Å². The highest BCUT2D eigenvalue weighted by Gasteiger charge is 2.25. The molecule has 1 aliphatic rings. The number of aryl methyl sites for hydroxylation is 1. The van der Waals surface area contributed by atoms with Crippen molar-refractivity contribution in [3.05, 3.63) is 35.7 Å². The fourth-order valence-corrected chi connectivity index (χ4v) is 2.95. The van der Waals surface area contributed by atoms with Crippen molar-refractivity contribution in [3.8, 4) is 5.75 Å². The van der Waals surface area contributed by atoms with Gasteiger partial charge in [-0.05, 0) is 41.5 Å². The largest absolute Gasteiger partial charge is 0.497 e. The Balaban J connectivity index is 1.74. The van der Waals surface area contributed by atoms with Crippen LogP contribution < -0.4 is 10.1 Å². The van der Waals surface area contributed by atoms with Crippen LogP contribution in [0.15, 0.2) is 24.3 Å². The summed E-state index contributed by atoms with van der Waals surface area (Å²) >= 11 is 0. The van der Waals surface area contributed by atoms with E-state index < -0.39 is 6.04 Å². The highest BCUT2D eigenvalue weighted by molar-refractivity contribution is 5.80. The van der Waals surface area contributed by atoms with Gasteiger partial charge in [-0.25, -0.2) is 4.68 Å². The van der Waals surface area contributed by atoms with E-state index in [-0.39, 0.29) is 5.91 Å². The third kappa shape index (κ3) is 4.33. The smallest absolute Gasteiger partial charge is 0.245 e. The summed E-state index contributed by atoms with van der Waals surface area (Å²) < 4.78 is 12.2. The van der Waals surface area contributed by atoms with Crippen LogP contribution in [0.5, 0.6) is 5.75 Å². The molecule has 0 unspecified atom stereocenters. The summed E-state index contributed by atoms with van der Waals surface area (Å²) in [5.74, 6) is 1.64. The molecular formula is C17H23N5O3. The van der Waals surface area contributed by atoms with Crippen molar-refractivity contribution in [1.82, 2.24) is 25.5 Å². The van der Waals surface area contributed by atoms with Gasteiger partial charge in [-0.1, -0.05) is 12.1 Å². The first-order valence-corrected chi connectivity index (χ1v) is 8.40. The second kappa shape index (κ2) is 8.06. The molecule has 1 amide bonds. The van der Waals surface area contributed by atoms with Crippen LogP contribution in [0.2, 0.25) is 0 Å². The van der Waals surface area contributed by atoms with Gasteiger partial charge in [-0.3, -0.25) is 4.79 Å². The molecule has 2 aromatic rings. The molecule has 134 valence electrons. The lowest BCUT2D eigenvalue weighted by Gasteiger charge is -2.19. The number of aromatic nitrogens is 4. The molecule has 0 saturated carbocycles. The van der Waals surface area contributed by atoms with E-state index >= 15 is 0 Å². The zero-order valence-corrected chi connectivity index (χ0v) is 14.5. The number of nitrogens with one attached hydrogen (secondary N) is 1. The SMILES string of the molecule is COc1cccc(C[C@@H](C(=O)NC[C@@H]2CCOC2)n2nnnc2C)c1. The predicted molar refractivity (Wildman–Crippen MR) is 90.2 cm³/mol. The molecule has 0 spiro atoms. The second-order valence-electron chi connectivity index (χ2n) is 6.22. The van der Waals surface area contributed by atoms with Gasteiger partial charge in [0.15, 0.2) is 0 Å². The number of ether oxygens (including phenoxy) is 2. The van der Waals surface area contributed by atoms with Crippen molar-refractivity contribution in [2.45, 2.75) is 25.8 Å². The molecule has 1 saturated heterocycles. The molecule has 1 fully saturated rings. The Morgan fingerprint density at radius 1 is 1.52 bits per heavy atom. The van der Waals surface area contributed by atoms with E-state index in [1.807, 2.05) is 24.3 Å². The number of carbonyl (C=O) groups excluding carboxylic acids is 1. The maximum Gasteiger partial charge on any atom is 0.245 e. The lowest BCUT2D eigenvalue weighted by Crippen LogP contribution is -2.37. The zero-order chi connectivity index (χ0) is 17.6. The van der Waals surface area contributed by atoms with Crippen molar-refractivity contribution in [1.29, 1.82) is 0 Å². The first-order valence-electron chi connectivity index (χ1n) is 8.40. The van der Waals surface area contributed by atoms with Crippen LogP contribution in [0.25, 0.3) is 0 Å². The summed E-state index contributed by atoms with van der Waals surface area (Å²) in [6, 6.07) is 7.16. The Labute approximate surface area is 146 Å². The number of hydrogen-bond acceptors (Lipinski definition) is 6. The molecule has 25 heavy (non-hydrogen) atoms. The Bertz CT molecular complexity index is 712. The molecule has 1 N–H and O–H groups in total. The molecular weight excluding hydrogens is 322 g/mol. The summed E-state index contributed by atoms with van der Waals surface area (Å²) in [6.45, 7) is 3.86. The molecule has 1 aromatic heterocycles. The molecule has 2 heterocycles. The lowest BCUT2D eigenvalue weighted by molar-refractivity contribution is -0.124. The minimum absolute atomic E-state index is 0.0925. The van der Waals surface area contributed by atoms with E-state index in [0.717, 1.165) is 24.3 Å². The number of tetrazole rings is 1. The molecule has 0 aliphatic carbocycles. The fourth-order valence-electron chi connectivity index (χ4n) is 2.95. The van der Waals surface area contributed by atoms with Gasteiger partial charge in [-0.2, -0.15) is 0 Å². The van der Waals surface area contributed by atoms with Crippen LogP contribution in [0.4, 0.5) is 0 Å². The van der Waals surface area contributed by atoms with E-state index in [1.54, 1.807) is 18.7 Å². The normalized spacial score (nSPS) is 18.1. The minimum Gasteiger partial charge on any atom is -0.497 e. The van der Waals surface area contributed by atoms with Crippen molar-refractivity contribution in [2.75, 3.05) is 26.9 Å². The lowest BCUT2D eigenvalue weighted by atomic mass is 10.0. The quantitative estimate of drug-likeness (QED) is 0.803. The maximum absolute atomic E-state index is 12.8. The van der Waals surface area contributed by atoms with Gasteiger partial charge in [0.25, 0.3) is 0 Å². The Morgan fingerprint density at radius 2 is 2.40 bits per heavy atom. The highest BCUT2D eigenvalue weighted by Crippen LogP contribution is 2.20. The van der Waals surface area contributed by atoms with E-state index in [9.17, 15) is 4.79 Å². The first kappa shape index (κ1) is 17.3. The molecule has 8 nitrogen and oxygen atoms in total. The molecule has 1 aromatic carbocycles. The van der Waals surface area contributed by atoms with Gasteiger partial charge in [0.2, 0.25) is 5.91 Å². The number of nitrogens with zero attached hydrogens (tertiary/aromatic N) is 4. The third-order valence-electron chi connectivity index (χ3n) is 4.41. The van der Waals surface area contributed by atoms with Gasteiger partial charge in [0.05, 0.1) is 13.7 Å². The van der Waals surface area contributed by atoms with Gasteiger partial charge < -0.3 is 14.8 Å². The Morgan fingerprint density at radius 3 is 3.08 bits per heavy atom. The minimum atomic E-state index is -0.510. The molecule has 0 radical (unpaired) electrons. The summed E-state index contributed by atoms with van der Waals surface area (Å²) in [4.78, 5) is 12.8. The number of hydrogen-bond donors (Lipinski definition) is 1. The Kier molecular flexibility index (Phi) is 5.60. The monoisotopic (exact) mass is 345 g/mol. The first-order chi connectivity index (χ1) is 12.2. The van der Waals surface area contributed by atoms with Crippen molar-refractivity contribution < 1.29 is 14.3 Å². The molecule has 0 bridgehead atoms. The van der Waals surface area contributed by atoms with Gasteiger partial charge in [0.1, 0.15) is 17.6 Å². The summed E-state index contributed by atoms with van der Waals surface area (Å²) in [7, 11) is 1.62. The standard InChI is InChI=1S/C17H23N5O3/c1-12-19-20-21-22(12)16(9-13-4-3-5-15(8-13)24-2)17(23)18-10-14-6-7-25-11-14/h3-5,8,14,16H,6-7,9-11H2,1-2H3,(H,18,23)/t14-,16-/m0/s1. The van der Waals surface area contributed by atoms with Gasteiger partial charge >= 0.3 is 0 Å². The van der Waals surface area contributed by atoms with E-state index in [1.165, 1.54) is 0 Å². The molecule has 8 heteroatoms. The predicted octanol–water partition coefficient (Wildman–Crippen LogP) is 0.927. The van der Waals surface area contributed by atoms with Crippen LogP contribution in [-0.4, -0.2) is 53.0 Å². The molecule has 1 aliphatic heterocycles. The van der Waals surface area contributed by atoms with Crippen molar-refractivity contribution in [3.63, 3.8) is 0 Å². The number of benzene rings is 1. The summed E-state index contributed by atoms with van der Waals surface area (Å²) in [5, 5.41) is 14.6. The number of carbonyl (C=O) groups is 1. The maximum atomic E-state index is 12.8. The highest BCUT2D eigenvalue weighted by atomic mass is 16.5. The topological polar surface area (TPSA) is 91.2 Å². The van der Waals surface area contributed by atoms with Crippen LogP contribution in [0, 0.1) is 12.8 Å². The van der Waals surface area contributed by atoms with Crippen LogP contribution >= 0.6 is 0 Å². The zero-order valence-electron chi connectivity index (χ0n) is 14.5. The van der Waals surface area contributed by atoms with Crippen molar-refractivity contribution >= 4 is 5.91 Å². The Hall–Kier alpha value is -2.48. The summed E-state index contributed by atoms with van der Waals surface area (Å²) in [5.41, 5.74) is 0.985. The average molecular weight is 345 g/mol. The van der Waals surface area contributed by atoms with E-state index in [0.29, 0.717) is 31.3 Å². The summed E-state index contributed by atoms with van der Waals surface area (Å²) in [6.07, 6.45) is 1.46. The molecule has 3 rings (SSSR count). The van der Waals surface area contributed by atoms with Gasteiger partial charge in [0, 0.05) is 25.5 Å². The van der Waals surface area contributed by atoms with Crippen LogP contribution in [0.1, 0.15) is 23.9 Å². The number of amides is 1. The van der Waals surface area contributed by atoms with Crippen molar-refractivity contribution in [2.24, 2.45) is 5.92 Å². The fraction of sp³-hybridized carbons (Fsp3) is 0.529. The molecule has 2 atom stereocenters. The number of methoxy groups -OCH3 is 1. The average Bonchev–Trinajstić information content (AvgIpc) is 3.29. The number of rotatable bonds is 7. The third-order valence-corrected chi connectivity index (χ3v) is 4.41. The van der Waals surface area contributed by atoms with E-state index in [2.05, 4.69) is 20.8 Å².